The molecule has 2 saturated carbocycles. The quantitative estimate of drug-likeness (QED) is 0.505. The molecular weight excluding hydrogens is 192 g/mol. The third-order valence-corrected chi connectivity index (χ3v) is 6.51. The molecule has 0 heterocycles. The molecule has 0 amide bonds. The highest BCUT2D eigenvalue weighted by Gasteiger charge is 2.64. The Hall–Kier alpha value is -0.260. The molecule has 0 aliphatic heterocycles. The van der Waals surface area contributed by atoms with E-state index in [-0.39, 0.29) is 0 Å². The maximum absolute atomic E-state index is 2.53. The van der Waals surface area contributed by atoms with Gasteiger partial charge in [-0.15, -0.1) is 0 Å². The molecule has 3 rings (SSSR count). The Bertz CT molecular complexity index is 369. The van der Waals surface area contributed by atoms with Crippen molar-refractivity contribution in [2.24, 2.45) is 22.2 Å². The first kappa shape index (κ1) is 10.9. The zero-order valence-electron chi connectivity index (χ0n) is 11.6. The summed E-state index contributed by atoms with van der Waals surface area (Å²) in [5, 5.41) is 0. The average Bonchev–Trinajstić information content (AvgIpc) is 2.67. The van der Waals surface area contributed by atoms with Crippen molar-refractivity contribution in [3.05, 3.63) is 11.1 Å². The SMILES string of the molecule is CC1=C2C(C)(C)C3CCC2(C3)C(C)(C)CC1. The maximum atomic E-state index is 2.53. The Morgan fingerprint density at radius 3 is 2.38 bits per heavy atom. The lowest BCUT2D eigenvalue weighted by Crippen LogP contribution is -2.42. The second-order valence-electron chi connectivity index (χ2n) is 7.78. The summed E-state index contributed by atoms with van der Waals surface area (Å²) in [5.74, 6) is 0.967. The highest BCUT2D eigenvalue weighted by Crippen LogP contribution is 2.74. The van der Waals surface area contributed by atoms with Crippen LogP contribution in [0, 0.1) is 22.2 Å². The third-order valence-electron chi connectivity index (χ3n) is 6.51. The molecule has 0 aromatic heterocycles. The fourth-order valence-corrected chi connectivity index (χ4v) is 5.49. The van der Waals surface area contributed by atoms with Gasteiger partial charge in [0.25, 0.3) is 0 Å². The van der Waals surface area contributed by atoms with Crippen molar-refractivity contribution in [3.8, 4) is 0 Å². The molecule has 0 nitrogen and oxygen atoms in total. The van der Waals surface area contributed by atoms with Gasteiger partial charge in [0.15, 0.2) is 0 Å². The van der Waals surface area contributed by atoms with Gasteiger partial charge in [-0.05, 0) is 61.2 Å². The summed E-state index contributed by atoms with van der Waals surface area (Å²) in [6.07, 6.45) is 7.19. The van der Waals surface area contributed by atoms with Crippen molar-refractivity contribution in [2.75, 3.05) is 0 Å². The summed E-state index contributed by atoms with van der Waals surface area (Å²) in [4.78, 5) is 0. The van der Waals surface area contributed by atoms with Crippen molar-refractivity contribution in [2.45, 2.75) is 66.7 Å². The number of fused-ring (bicyclic) bond motifs is 1. The van der Waals surface area contributed by atoms with Crippen molar-refractivity contribution in [1.82, 2.24) is 0 Å². The van der Waals surface area contributed by atoms with Crippen LogP contribution in [0.15, 0.2) is 11.1 Å². The molecule has 2 bridgehead atoms. The minimum absolute atomic E-state index is 0.500. The van der Waals surface area contributed by atoms with Crippen LogP contribution in [0.5, 0.6) is 0 Å². The van der Waals surface area contributed by atoms with Gasteiger partial charge in [-0.3, -0.25) is 0 Å². The van der Waals surface area contributed by atoms with Gasteiger partial charge in [-0.1, -0.05) is 38.8 Å². The van der Waals surface area contributed by atoms with Gasteiger partial charge in [0.2, 0.25) is 0 Å². The van der Waals surface area contributed by atoms with Crippen LogP contribution < -0.4 is 0 Å². The largest absolute Gasteiger partial charge is 0.0730 e. The van der Waals surface area contributed by atoms with Crippen LogP contribution in [0.25, 0.3) is 0 Å². The van der Waals surface area contributed by atoms with Gasteiger partial charge < -0.3 is 0 Å². The van der Waals surface area contributed by atoms with Crippen molar-refractivity contribution in [1.29, 1.82) is 0 Å². The Labute approximate surface area is 101 Å². The van der Waals surface area contributed by atoms with Gasteiger partial charge in [0.05, 0.1) is 0 Å². The van der Waals surface area contributed by atoms with Crippen molar-refractivity contribution < 1.29 is 0 Å². The highest BCUT2D eigenvalue weighted by atomic mass is 14.7. The number of hydrogen-bond donors (Lipinski definition) is 0. The van der Waals surface area contributed by atoms with Crippen LogP contribution in [0.1, 0.15) is 66.7 Å². The molecule has 16 heavy (non-hydrogen) atoms. The zero-order valence-corrected chi connectivity index (χ0v) is 11.6. The molecule has 1 spiro atoms. The molecule has 90 valence electrons. The molecule has 2 unspecified atom stereocenters. The van der Waals surface area contributed by atoms with Gasteiger partial charge in [0.1, 0.15) is 0 Å². The lowest BCUT2D eigenvalue weighted by atomic mass is 9.52. The second-order valence-corrected chi connectivity index (χ2v) is 7.78. The predicted molar refractivity (Wildman–Crippen MR) is 69.3 cm³/mol. The zero-order chi connectivity index (χ0) is 11.8. The van der Waals surface area contributed by atoms with E-state index in [1.807, 2.05) is 5.57 Å². The minimum Gasteiger partial charge on any atom is -0.0730 e. The molecule has 0 aromatic carbocycles. The maximum Gasteiger partial charge on any atom is -0.00258 e. The molecule has 2 atom stereocenters. The van der Waals surface area contributed by atoms with Crippen LogP contribution >= 0.6 is 0 Å². The molecule has 0 aromatic rings. The first-order valence-electron chi connectivity index (χ1n) is 7.02. The van der Waals surface area contributed by atoms with E-state index in [9.17, 15) is 0 Å². The Kier molecular flexibility index (Phi) is 1.88. The molecule has 0 heteroatoms. The van der Waals surface area contributed by atoms with E-state index < -0.39 is 0 Å². The van der Waals surface area contributed by atoms with Gasteiger partial charge in [-0.2, -0.15) is 0 Å². The normalized spacial score (nSPS) is 43.7. The van der Waals surface area contributed by atoms with Crippen LogP contribution in [-0.2, 0) is 0 Å². The van der Waals surface area contributed by atoms with E-state index in [0.29, 0.717) is 16.2 Å². The van der Waals surface area contributed by atoms with Gasteiger partial charge in [-0.25, -0.2) is 0 Å². The summed E-state index contributed by atoms with van der Waals surface area (Å²) < 4.78 is 0. The van der Waals surface area contributed by atoms with Crippen molar-refractivity contribution in [3.63, 3.8) is 0 Å². The molecule has 2 fully saturated rings. The molecule has 0 N–H and O–H groups in total. The molecular formula is C16H26. The molecule has 3 aliphatic rings. The Morgan fingerprint density at radius 2 is 1.75 bits per heavy atom. The topological polar surface area (TPSA) is 0 Å². The van der Waals surface area contributed by atoms with Crippen LogP contribution in [-0.4, -0.2) is 0 Å². The summed E-state index contributed by atoms with van der Waals surface area (Å²) >= 11 is 0. The first-order valence-corrected chi connectivity index (χ1v) is 7.02. The summed E-state index contributed by atoms with van der Waals surface area (Å²) in [6.45, 7) is 12.5. The Balaban J connectivity index is 2.23. The lowest BCUT2D eigenvalue weighted by Gasteiger charge is -2.52. The smallest absolute Gasteiger partial charge is 0.00258 e. The minimum atomic E-state index is 0.500. The van der Waals surface area contributed by atoms with Crippen LogP contribution in [0.4, 0.5) is 0 Å². The molecule has 3 aliphatic carbocycles. The van der Waals surface area contributed by atoms with E-state index in [4.69, 9.17) is 0 Å². The third kappa shape index (κ3) is 0.978. The molecule has 0 radical (unpaired) electrons. The summed E-state index contributed by atoms with van der Waals surface area (Å²) in [7, 11) is 0. The fraction of sp³-hybridized carbons (Fsp3) is 0.875. The monoisotopic (exact) mass is 218 g/mol. The summed E-state index contributed by atoms with van der Waals surface area (Å²) in [5.41, 5.74) is 5.26. The van der Waals surface area contributed by atoms with E-state index in [1.54, 1.807) is 5.57 Å². The van der Waals surface area contributed by atoms with E-state index in [1.165, 1.54) is 32.1 Å². The van der Waals surface area contributed by atoms with E-state index in [2.05, 4.69) is 34.6 Å². The average molecular weight is 218 g/mol. The van der Waals surface area contributed by atoms with Gasteiger partial charge in [0, 0.05) is 0 Å². The van der Waals surface area contributed by atoms with Crippen LogP contribution in [0.3, 0.4) is 0 Å². The molecule has 0 saturated heterocycles. The van der Waals surface area contributed by atoms with Gasteiger partial charge >= 0.3 is 0 Å². The number of allylic oxidation sites excluding steroid dienone is 2. The van der Waals surface area contributed by atoms with Crippen LogP contribution in [0.2, 0.25) is 0 Å². The highest BCUT2D eigenvalue weighted by molar-refractivity contribution is 5.40. The standard InChI is InChI=1S/C16H26/c1-11-6-8-14(2,3)16-9-7-12(10-16)15(4,5)13(11)16/h12H,6-10H2,1-5H3. The number of rotatable bonds is 0. The number of hydrogen-bond acceptors (Lipinski definition) is 0. The van der Waals surface area contributed by atoms with Crippen molar-refractivity contribution >= 4 is 0 Å². The summed E-state index contributed by atoms with van der Waals surface area (Å²) in [6, 6.07) is 0. The second kappa shape index (κ2) is 2.76. The van der Waals surface area contributed by atoms with E-state index in [0.717, 1.165) is 5.92 Å². The first-order chi connectivity index (χ1) is 7.31. The van der Waals surface area contributed by atoms with E-state index >= 15 is 0 Å². The lowest BCUT2D eigenvalue weighted by molar-refractivity contribution is 0.0860. The fourth-order valence-electron chi connectivity index (χ4n) is 5.49. The predicted octanol–water partition coefficient (Wildman–Crippen LogP) is 4.95. The Morgan fingerprint density at radius 1 is 1.06 bits per heavy atom.